The second kappa shape index (κ2) is 6.71. The Hall–Kier alpha value is -2.52. The van der Waals surface area contributed by atoms with Crippen LogP contribution in [-0.2, 0) is 0 Å². The molecule has 2 nitrogen and oxygen atoms in total. The molecule has 0 aliphatic carbocycles. The lowest BCUT2D eigenvalue weighted by Crippen LogP contribution is -2.00. The molecule has 114 valence electrons. The van der Waals surface area contributed by atoms with Crippen molar-refractivity contribution in [3.8, 4) is 11.5 Å². The normalized spacial score (nSPS) is 10.3. The van der Waals surface area contributed by atoms with Crippen molar-refractivity contribution in [2.24, 2.45) is 0 Å². The van der Waals surface area contributed by atoms with Gasteiger partial charge in [0.05, 0.1) is 0 Å². The highest BCUT2D eigenvalue weighted by Crippen LogP contribution is 2.23. The van der Waals surface area contributed by atoms with Crippen molar-refractivity contribution in [3.63, 3.8) is 0 Å². The van der Waals surface area contributed by atoms with Crippen LogP contribution in [0.15, 0.2) is 77.7 Å². The van der Waals surface area contributed by atoms with E-state index in [4.69, 9.17) is 4.74 Å². The lowest BCUT2D eigenvalue weighted by atomic mass is 10.0. The quantitative estimate of drug-likeness (QED) is 0.521. The monoisotopic (exact) mass is 320 g/mol. The minimum absolute atomic E-state index is 0.0137. The van der Waals surface area contributed by atoms with Crippen molar-refractivity contribution in [1.29, 1.82) is 0 Å². The summed E-state index contributed by atoms with van der Waals surface area (Å²) in [5, 5.41) is 0. The highest BCUT2D eigenvalue weighted by Gasteiger charge is 2.09. The van der Waals surface area contributed by atoms with Crippen molar-refractivity contribution < 1.29 is 9.53 Å². The number of hydrogen-bond acceptors (Lipinski definition) is 3. The Morgan fingerprint density at radius 3 is 1.70 bits per heavy atom. The van der Waals surface area contributed by atoms with E-state index in [9.17, 15) is 4.79 Å². The van der Waals surface area contributed by atoms with Crippen LogP contribution in [0.2, 0.25) is 0 Å². The molecule has 3 aromatic carbocycles. The smallest absolute Gasteiger partial charge is 0.193 e. The number of aryl methyl sites for hydroxylation is 1. The van der Waals surface area contributed by atoms with Crippen LogP contribution < -0.4 is 4.74 Å². The molecular formula is C20H16O2S. The Morgan fingerprint density at radius 1 is 0.739 bits per heavy atom. The van der Waals surface area contributed by atoms with Crippen LogP contribution in [0.4, 0.5) is 0 Å². The van der Waals surface area contributed by atoms with Crippen molar-refractivity contribution in [1.82, 2.24) is 0 Å². The van der Waals surface area contributed by atoms with Crippen LogP contribution in [0.1, 0.15) is 21.5 Å². The first kappa shape index (κ1) is 15.4. The lowest BCUT2D eigenvalue weighted by molar-refractivity contribution is 0.103. The summed E-state index contributed by atoms with van der Waals surface area (Å²) in [7, 11) is 0. The molecule has 0 radical (unpaired) electrons. The molecule has 3 heteroatoms. The zero-order chi connectivity index (χ0) is 16.2. The second-order valence-corrected chi connectivity index (χ2v) is 5.83. The molecule has 0 atom stereocenters. The fourth-order valence-corrected chi connectivity index (χ4v) is 2.35. The molecule has 0 aliphatic rings. The Balaban J connectivity index is 1.75. The van der Waals surface area contributed by atoms with E-state index in [0.717, 1.165) is 10.6 Å². The summed E-state index contributed by atoms with van der Waals surface area (Å²) in [4.78, 5) is 13.2. The molecule has 0 bridgehead atoms. The van der Waals surface area contributed by atoms with Crippen LogP contribution in [0, 0.1) is 6.92 Å². The zero-order valence-corrected chi connectivity index (χ0v) is 13.6. The van der Waals surface area contributed by atoms with Crippen molar-refractivity contribution in [2.45, 2.75) is 11.8 Å². The van der Waals surface area contributed by atoms with Gasteiger partial charge in [-0.25, -0.2) is 0 Å². The summed E-state index contributed by atoms with van der Waals surface area (Å²) >= 11 is 4.23. The molecule has 0 saturated heterocycles. The molecule has 23 heavy (non-hydrogen) atoms. The Morgan fingerprint density at radius 2 is 1.17 bits per heavy atom. The predicted molar refractivity (Wildman–Crippen MR) is 94.8 cm³/mol. The van der Waals surface area contributed by atoms with Gasteiger partial charge < -0.3 is 4.74 Å². The molecular weight excluding hydrogens is 304 g/mol. The van der Waals surface area contributed by atoms with Crippen LogP contribution >= 0.6 is 12.6 Å². The number of carbonyl (C=O) groups excluding carboxylic acids is 1. The fraction of sp³-hybridized carbons (Fsp3) is 0.0500. The third kappa shape index (κ3) is 3.82. The van der Waals surface area contributed by atoms with Gasteiger partial charge in [-0.05, 0) is 67.6 Å². The average molecular weight is 320 g/mol. The van der Waals surface area contributed by atoms with Crippen LogP contribution in [0.3, 0.4) is 0 Å². The molecule has 0 fully saturated rings. The minimum atomic E-state index is -0.0137. The number of ketones is 1. The van der Waals surface area contributed by atoms with Crippen LogP contribution in [-0.4, -0.2) is 5.78 Å². The SMILES string of the molecule is Cc1ccc(Oc2ccc(C(=O)c3ccc(S)cc3)cc2)cc1. The molecule has 0 heterocycles. The van der Waals surface area contributed by atoms with E-state index in [0.29, 0.717) is 16.9 Å². The van der Waals surface area contributed by atoms with Crippen LogP contribution in [0.5, 0.6) is 11.5 Å². The topological polar surface area (TPSA) is 26.3 Å². The highest BCUT2D eigenvalue weighted by atomic mass is 32.1. The summed E-state index contributed by atoms with van der Waals surface area (Å²) in [6.07, 6.45) is 0. The van der Waals surface area contributed by atoms with E-state index in [1.165, 1.54) is 5.56 Å². The maximum atomic E-state index is 12.4. The third-order valence-corrected chi connectivity index (χ3v) is 3.80. The number of thiol groups is 1. The van der Waals surface area contributed by atoms with E-state index in [1.54, 1.807) is 36.4 Å². The Kier molecular flexibility index (Phi) is 4.49. The molecule has 0 aromatic heterocycles. The van der Waals surface area contributed by atoms with Crippen LogP contribution in [0.25, 0.3) is 0 Å². The summed E-state index contributed by atoms with van der Waals surface area (Å²) in [5.74, 6) is 1.47. The Labute approximate surface area is 141 Å². The van der Waals surface area contributed by atoms with Gasteiger partial charge in [0.2, 0.25) is 0 Å². The van der Waals surface area contributed by atoms with Gasteiger partial charge >= 0.3 is 0 Å². The van der Waals surface area contributed by atoms with Crippen molar-refractivity contribution >= 4 is 18.4 Å². The number of ether oxygens (including phenoxy) is 1. The largest absolute Gasteiger partial charge is 0.457 e. The van der Waals surface area contributed by atoms with Gasteiger partial charge in [-0.3, -0.25) is 4.79 Å². The molecule has 0 N–H and O–H groups in total. The van der Waals surface area contributed by atoms with Gasteiger partial charge in [-0.15, -0.1) is 12.6 Å². The minimum Gasteiger partial charge on any atom is -0.457 e. The summed E-state index contributed by atoms with van der Waals surface area (Å²) in [6.45, 7) is 2.03. The zero-order valence-electron chi connectivity index (χ0n) is 12.7. The van der Waals surface area contributed by atoms with E-state index in [-0.39, 0.29) is 5.78 Å². The molecule has 0 amide bonds. The maximum Gasteiger partial charge on any atom is 0.193 e. The first-order chi connectivity index (χ1) is 11.1. The molecule has 0 unspecified atom stereocenters. The number of hydrogen-bond donors (Lipinski definition) is 1. The first-order valence-corrected chi connectivity index (χ1v) is 7.75. The van der Waals surface area contributed by atoms with Gasteiger partial charge in [0.25, 0.3) is 0 Å². The highest BCUT2D eigenvalue weighted by molar-refractivity contribution is 7.80. The lowest BCUT2D eigenvalue weighted by Gasteiger charge is -2.07. The number of benzene rings is 3. The molecule has 0 saturated carbocycles. The maximum absolute atomic E-state index is 12.4. The van der Waals surface area contributed by atoms with E-state index < -0.39 is 0 Å². The average Bonchev–Trinajstić information content (AvgIpc) is 2.58. The summed E-state index contributed by atoms with van der Waals surface area (Å²) < 4.78 is 5.77. The Bertz CT molecular complexity index is 804. The van der Waals surface area contributed by atoms with Gasteiger partial charge in [0.1, 0.15) is 11.5 Å². The van der Waals surface area contributed by atoms with Crippen molar-refractivity contribution in [2.75, 3.05) is 0 Å². The summed E-state index contributed by atoms with van der Waals surface area (Å²) in [6, 6.07) is 22.2. The van der Waals surface area contributed by atoms with Gasteiger partial charge in [0, 0.05) is 16.0 Å². The molecule has 0 spiro atoms. The molecule has 3 aromatic rings. The first-order valence-electron chi connectivity index (χ1n) is 7.30. The second-order valence-electron chi connectivity index (χ2n) is 5.32. The van der Waals surface area contributed by atoms with E-state index >= 15 is 0 Å². The standard InChI is InChI=1S/C20H16O2S/c1-14-2-8-17(9-3-14)22-18-10-4-15(5-11-18)20(21)16-6-12-19(23)13-7-16/h2-13,23H,1H3. The van der Waals surface area contributed by atoms with Crippen molar-refractivity contribution in [3.05, 3.63) is 89.5 Å². The van der Waals surface area contributed by atoms with E-state index in [2.05, 4.69) is 12.6 Å². The predicted octanol–water partition coefficient (Wildman–Crippen LogP) is 5.31. The number of rotatable bonds is 4. The van der Waals surface area contributed by atoms with Gasteiger partial charge in [-0.2, -0.15) is 0 Å². The number of carbonyl (C=O) groups is 1. The molecule has 3 rings (SSSR count). The summed E-state index contributed by atoms with van der Waals surface area (Å²) in [5.41, 5.74) is 2.47. The molecule has 0 aliphatic heterocycles. The van der Waals surface area contributed by atoms with Gasteiger partial charge in [0.15, 0.2) is 5.78 Å². The fourth-order valence-electron chi connectivity index (χ4n) is 2.20. The van der Waals surface area contributed by atoms with E-state index in [1.807, 2.05) is 43.3 Å². The van der Waals surface area contributed by atoms with Gasteiger partial charge in [-0.1, -0.05) is 17.7 Å². The third-order valence-electron chi connectivity index (χ3n) is 3.50.